The molecule has 10 atom stereocenters. The highest BCUT2D eigenvalue weighted by Gasteiger charge is 2.46. The molecule has 0 aromatic carbocycles. The van der Waals surface area contributed by atoms with Crippen LogP contribution >= 0.6 is 0 Å². The molecular weight excluding hydrogens is 376 g/mol. The molecule has 2 aliphatic rings. The third kappa shape index (κ3) is 5.92. The van der Waals surface area contributed by atoms with Gasteiger partial charge in [0.25, 0.3) is 0 Å². The summed E-state index contributed by atoms with van der Waals surface area (Å²) >= 11 is 0. The predicted octanol–water partition coefficient (Wildman–Crippen LogP) is 3.19. The Morgan fingerprint density at radius 1 is 0.690 bits per heavy atom. The molecule has 2 saturated heterocycles. The molecule has 29 heavy (non-hydrogen) atoms. The van der Waals surface area contributed by atoms with Gasteiger partial charge in [-0.15, -0.1) is 0 Å². The van der Waals surface area contributed by atoms with Crippen LogP contribution in [0.15, 0.2) is 0 Å². The summed E-state index contributed by atoms with van der Waals surface area (Å²) in [4.78, 5) is 22.6. The normalized spacial score (nSPS) is 42.9. The number of rotatable bonds is 6. The number of esters is 2. The molecule has 0 radical (unpaired) electrons. The van der Waals surface area contributed by atoms with E-state index in [0.717, 1.165) is 0 Å². The van der Waals surface area contributed by atoms with Gasteiger partial charge in [0.2, 0.25) is 0 Å². The van der Waals surface area contributed by atoms with Crippen molar-refractivity contribution in [2.24, 2.45) is 29.6 Å². The van der Waals surface area contributed by atoms with E-state index < -0.39 is 6.29 Å². The Balaban J connectivity index is 2.14. The Morgan fingerprint density at radius 2 is 1.24 bits per heavy atom. The summed E-state index contributed by atoms with van der Waals surface area (Å²) in [6.07, 6.45) is -1.23. The van der Waals surface area contributed by atoms with Crippen molar-refractivity contribution in [1.29, 1.82) is 0 Å². The Bertz CT molecular complexity index is 565. The zero-order valence-corrected chi connectivity index (χ0v) is 19.0. The Labute approximate surface area is 174 Å². The first-order chi connectivity index (χ1) is 13.5. The average Bonchev–Trinajstić information content (AvgIpc) is 2.65. The highest BCUT2D eigenvalue weighted by Crippen LogP contribution is 2.39. The van der Waals surface area contributed by atoms with Gasteiger partial charge in [0.05, 0.1) is 18.3 Å². The van der Waals surface area contributed by atoms with Gasteiger partial charge in [-0.05, 0) is 30.6 Å². The van der Waals surface area contributed by atoms with E-state index in [2.05, 4.69) is 34.6 Å². The van der Waals surface area contributed by atoms with Gasteiger partial charge in [-0.2, -0.15) is 0 Å². The van der Waals surface area contributed by atoms with Crippen molar-refractivity contribution in [3.8, 4) is 0 Å². The second kappa shape index (κ2) is 10.2. The lowest BCUT2D eigenvalue weighted by atomic mass is 9.78. The van der Waals surface area contributed by atoms with Crippen LogP contribution < -0.4 is 0 Å². The van der Waals surface area contributed by atoms with Crippen LogP contribution in [0.25, 0.3) is 0 Å². The minimum absolute atomic E-state index is 0.0470. The van der Waals surface area contributed by atoms with E-state index in [4.69, 9.17) is 23.7 Å². The molecule has 168 valence electrons. The van der Waals surface area contributed by atoms with Gasteiger partial charge in [0, 0.05) is 19.8 Å². The smallest absolute Gasteiger partial charge is 0.302 e. The average molecular weight is 415 g/mol. The van der Waals surface area contributed by atoms with Gasteiger partial charge in [-0.25, -0.2) is 0 Å². The van der Waals surface area contributed by atoms with E-state index in [1.165, 1.54) is 13.8 Å². The minimum Gasteiger partial charge on any atom is -0.463 e. The summed E-state index contributed by atoms with van der Waals surface area (Å²) in [7, 11) is 0. The number of ether oxygens (including phenoxy) is 5. The fraction of sp³-hybridized carbons (Fsp3) is 0.909. The summed E-state index contributed by atoms with van der Waals surface area (Å²) in [5, 5.41) is 0. The van der Waals surface area contributed by atoms with Crippen LogP contribution in [0, 0.1) is 29.6 Å². The molecule has 0 aromatic heterocycles. The molecule has 0 saturated carbocycles. The lowest BCUT2D eigenvalue weighted by molar-refractivity contribution is -0.305. The molecule has 0 N–H and O–H groups in total. The first kappa shape index (κ1) is 24.1. The largest absolute Gasteiger partial charge is 0.463 e. The molecule has 5 unspecified atom stereocenters. The van der Waals surface area contributed by atoms with E-state index in [1.54, 1.807) is 0 Å². The van der Waals surface area contributed by atoms with Crippen LogP contribution in [0.5, 0.6) is 0 Å². The van der Waals surface area contributed by atoms with Crippen LogP contribution in [-0.2, 0) is 33.3 Å². The van der Waals surface area contributed by atoms with Crippen molar-refractivity contribution in [2.75, 3.05) is 13.2 Å². The third-order valence-corrected chi connectivity index (χ3v) is 7.02. The van der Waals surface area contributed by atoms with Crippen molar-refractivity contribution >= 4 is 11.9 Å². The topological polar surface area (TPSA) is 80.3 Å². The van der Waals surface area contributed by atoms with Gasteiger partial charge in [0.1, 0.15) is 19.3 Å². The predicted molar refractivity (Wildman–Crippen MR) is 107 cm³/mol. The Morgan fingerprint density at radius 3 is 1.79 bits per heavy atom. The molecule has 2 heterocycles. The van der Waals surface area contributed by atoms with Crippen LogP contribution in [0.3, 0.4) is 0 Å². The number of hydrogen-bond acceptors (Lipinski definition) is 7. The maximum Gasteiger partial charge on any atom is 0.302 e. The van der Waals surface area contributed by atoms with Crippen molar-refractivity contribution in [3.63, 3.8) is 0 Å². The van der Waals surface area contributed by atoms with Crippen LogP contribution in [0.4, 0.5) is 0 Å². The first-order valence-corrected chi connectivity index (χ1v) is 10.8. The van der Waals surface area contributed by atoms with Gasteiger partial charge in [-0.1, -0.05) is 34.6 Å². The lowest BCUT2D eigenvalue weighted by Crippen LogP contribution is -2.55. The van der Waals surface area contributed by atoms with E-state index in [-0.39, 0.29) is 67.3 Å². The van der Waals surface area contributed by atoms with Gasteiger partial charge in [0.15, 0.2) is 6.29 Å². The maximum atomic E-state index is 11.3. The highest BCUT2D eigenvalue weighted by atomic mass is 16.7. The fourth-order valence-electron chi connectivity index (χ4n) is 4.27. The van der Waals surface area contributed by atoms with Crippen molar-refractivity contribution in [3.05, 3.63) is 0 Å². The third-order valence-electron chi connectivity index (χ3n) is 7.02. The second-order valence-corrected chi connectivity index (χ2v) is 8.92. The molecule has 0 bridgehead atoms. The molecule has 7 heteroatoms. The van der Waals surface area contributed by atoms with Gasteiger partial charge >= 0.3 is 11.9 Å². The number of hydrogen-bond donors (Lipinski definition) is 0. The quantitative estimate of drug-likeness (QED) is 0.618. The Hall–Kier alpha value is -1.18. The van der Waals surface area contributed by atoms with Crippen LogP contribution in [-0.4, -0.2) is 55.9 Å². The Kier molecular flexibility index (Phi) is 8.49. The molecule has 0 spiro atoms. The van der Waals surface area contributed by atoms with Crippen molar-refractivity contribution < 1.29 is 33.3 Å². The standard InChI is InChI=1S/C22H38O7/c1-11-13(3)19(9-25-17(7)23)28-22(15(11)5)29-21-14(4)12(2)16(6)27-20(21)10-26-18(8)24/h11-16,19-22H,9-10H2,1-8H3/t11?,12-,13+,14?,15-,16?,19?,20?,21-,22-/m0/s1. The molecule has 0 aliphatic carbocycles. The summed E-state index contributed by atoms with van der Waals surface area (Å²) in [6.45, 7) is 15.9. The molecule has 0 aromatic rings. The first-order valence-electron chi connectivity index (χ1n) is 10.8. The van der Waals surface area contributed by atoms with Crippen LogP contribution in [0.2, 0.25) is 0 Å². The SMILES string of the molecule is CC(=O)OCC1O[C@@H](O[C@@H]2C(COC(C)=O)OC(C)[C@@H](C)C2C)[C@@H](C)C(C)[C@H]1C. The van der Waals surface area contributed by atoms with Gasteiger partial charge < -0.3 is 23.7 Å². The van der Waals surface area contributed by atoms with Crippen molar-refractivity contribution in [2.45, 2.75) is 86.1 Å². The van der Waals surface area contributed by atoms with E-state index in [1.807, 2.05) is 6.92 Å². The number of carbonyl (C=O) groups is 2. The summed E-state index contributed by atoms with van der Waals surface area (Å²) < 4.78 is 29.3. The molecule has 7 nitrogen and oxygen atoms in total. The second-order valence-electron chi connectivity index (χ2n) is 8.92. The number of carbonyl (C=O) groups excluding carboxylic acids is 2. The van der Waals surface area contributed by atoms with E-state index >= 15 is 0 Å². The van der Waals surface area contributed by atoms with E-state index in [9.17, 15) is 9.59 Å². The zero-order valence-electron chi connectivity index (χ0n) is 19.0. The monoisotopic (exact) mass is 414 g/mol. The van der Waals surface area contributed by atoms with Crippen molar-refractivity contribution in [1.82, 2.24) is 0 Å². The molecular formula is C22H38O7. The lowest BCUT2D eigenvalue weighted by Gasteiger charge is -2.48. The van der Waals surface area contributed by atoms with Gasteiger partial charge in [-0.3, -0.25) is 9.59 Å². The maximum absolute atomic E-state index is 11.3. The molecule has 0 amide bonds. The summed E-state index contributed by atoms with van der Waals surface area (Å²) in [5.74, 6) is 0.574. The summed E-state index contributed by atoms with van der Waals surface area (Å²) in [6, 6.07) is 0. The fourth-order valence-corrected chi connectivity index (χ4v) is 4.27. The minimum atomic E-state index is -0.446. The zero-order chi connectivity index (χ0) is 21.9. The molecule has 2 aliphatic heterocycles. The van der Waals surface area contributed by atoms with Crippen LogP contribution in [0.1, 0.15) is 55.4 Å². The highest BCUT2D eigenvalue weighted by molar-refractivity contribution is 5.66. The molecule has 2 rings (SSSR count). The van der Waals surface area contributed by atoms with E-state index in [0.29, 0.717) is 11.8 Å². The molecule has 2 fully saturated rings. The summed E-state index contributed by atoms with van der Waals surface area (Å²) in [5.41, 5.74) is 0.